The molecule has 2 amide bonds. The molecule has 0 spiro atoms. The van der Waals surface area contributed by atoms with E-state index in [1.165, 1.54) is 12.1 Å². The fraction of sp³-hybridized carbons (Fsp3) is 0.391. The second-order valence-corrected chi connectivity index (χ2v) is 7.26. The molecule has 1 heterocycles. The molecule has 1 fully saturated rings. The number of carbonyl (C=O) groups excluding carboxylic acids is 2. The molecule has 1 aliphatic heterocycles. The van der Waals surface area contributed by atoms with Gasteiger partial charge >= 0.3 is 0 Å². The van der Waals surface area contributed by atoms with Crippen molar-refractivity contribution >= 4 is 17.5 Å². The van der Waals surface area contributed by atoms with Gasteiger partial charge in [-0.2, -0.15) is 0 Å². The molecule has 160 valence electrons. The number of rotatable bonds is 8. The molecule has 0 atom stereocenters. The van der Waals surface area contributed by atoms with Crippen LogP contribution in [0.25, 0.3) is 0 Å². The molecule has 3 rings (SSSR count). The molecule has 0 radical (unpaired) electrons. The predicted molar refractivity (Wildman–Crippen MR) is 114 cm³/mol. The second kappa shape index (κ2) is 10.7. The molecule has 1 N–H and O–H groups in total. The number of halogens is 1. The number of hydrogen-bond acceptors (Lipinski definition) is 4. The van der Waals surface area contributed by atoms with Crippen LogP contribution in [0.3, 0.4) is 0 Å². The molecule has 0 bridgehead atoms. The molecule has 0 saturated carbocycles. The van der Waals surface area contributed by atoms with Gasteiger partial charge in [0.15, 0.2) is 0 Å². The Morgan fingerprint density at radius 1 is 1.07 bits per heavy atom. The lowest BCUT2D eigenvalue weighted by atomic mass is 10.1. The minimum atomic E-state index is -0.385. The van der Waals surface area contributed by atoms with E-state index < -0.39 is 0 Å². The molecular weight excluding hydrogens is 385 g/mol. The van der Waals surface area contributed by atoms with Crippen LogP contribution in [0.4, 0.5) is 10.1 Å². The summed E-state index contributed by atoms with van der Waals surface area (Å²) < 4.78 is 18.8. The fourth-order valence-corrected chi connectivity index (χ4v) is 3.53. The maximum absolute atomic E-state index is 13.2. The fourth-order valence-electron chi connectivity index (χ4n) is 3.53. The quantitative estimate of drug-likeness (QED) is 0.723. The van der Waals surface area contributed by atoms with Gasteiger partial charge in [0, 0.05) is 38.3 Å². The Labute approximate surface area is 176 Å². The van der Waals surface area contributed by atoms with Crippen molar-refractivity contribution in [2.75, 3.05) is 44.6 Å². The van der Waals surface area contributed by atoms with Crippen molar-refractivity contribution in [3.8, 4) is 5.75 Å². The Hall–Kier alpha value is -2.93. The number of carbonyl (C=O) groups is 2. The third kappa shape index (κ3) is 6.29. The van der Waals surface area contributed by atoms with Crippen LogP contribution in [-0.4, -0.2) is 60.9 Å². The summed E-state index contributed by atoms with van der Waals surface area (Å²) >= 11 is 0. The van der Waals surface area contributed by atoms with Gasteiger partial charge in [0.1, 0.15) is 11.6 Å². The monoisotopic (exact) mass is 413 g/mol. The normalized spacial score (nSPS) is 14.4. The maximum atomic E-state index is 13.2. The Balaban J connectivity index is 1.41. The van der Waals surface area contributed by atoms with Crippen molar-refractivity contribution in [3.63, 3.8) is 0 Å². The molecule has 30 heavy (non-hydrogen) atoms. The average molecular weight is 413 g/mol. The van der Waals surface area contributed by atoms with E-state index >= 15 is 0 Å². The summed E-state index contributed by atoms with van der Waals surface area (Å²) in [6, 6.07) is 13.6. The number of piperazine rings is 1. The van der Waals surface area contributed by atoms with Crippen molar-refractivity contribution in [2.24, 2.45) is 0 Å². The smallest absolute Gasteiger partial charge is 0.238 e. The molecule has 7 heteroatoms. The van der Waals surface area contributed by atoms with Crippen LogP contribution in [0.15, 0.2) is 48.5 Å². The molecule has 1 aliphatic rings. The topological polar surface area (TPSA) is 61.9 Å². The summed E-state index contributed by atoms with van der Waals surface area (Å²) in [5, 5.41) is 2.71. The number of benzene rings is 2. The van der Waals surface area contributed by atoms with Crippen LogP contribution < -0.4 is 10.1 Å². The number of hydrogen-bond donors (Lipinski definition) is 1. The SMILES string of the molecule is CCOc1ccccc1CCC(=O)N1CCN(CC(=O)Nc2cccc(F)c2)CC1. The highest BCUT2D eigenvalue weighted by atomic mass is 19.1. The van der Waals surface area contributed by atoms with Crippen LogP contribution in [0.2, 0.25) is 0 Å². The minimum absolute atomic E-state index is 0.116. The zero-order valence-corrected chi connectivity index (χ0v) is 17.3. The molecule has 2 aromatic carbocycles. The Kier molecular flexibility index (Phi) is 7.79. The predicted octanol–water partition coefficient (Wildman–Crippen LogP) is 2.94. The van der Waals surface area contributed by atoms with Crippen LogP contribution in [-0.2, 0) is 16.0 Å². The summed E-state index contributed by atoms with van der Waals surface area (Å²) in [5.74, 6) is 0.379. The molecule has 2 aromatic rings. The lowest BCUT2D eigenvalue weighted by Crippen LogP contribution is -2.50. The van der Waals surface area contributed by atoms with E-state index in [4.69, 9.17) is 4.74 Å². The number of ether oxygens (including phenoxy) is 1. The van der Waals surface area contributed by atoms with E-state index in [1.807, 2.05) is 41.0 Å². The Morgan fingerprint density at radius 2 is 1.83 bits per heavy atom. The summed E-state index contributed by atoms with van der Waals surface area (Å²) in [4.78, 5) is 28.6. The summed E-state index contributed by atoms with van der Waals surface area (Å²) in [5.41, 5.74) is 1.49. The molecule has 0 aliphatic carbocycles. The highest BCUT2D eigenvalue weighted by molar-refractivity contribution is 5.92. The van der Waals surface area contributed by atoms with Gasteiger partial charge in [-0.25, -0.2) is 4.39 Å². The third-order valence-corrected chi connectivity index (χ3v) is 5.08. The number of nitrogens with one attached hydrogen (secondary N) is 1. The minimum Gasteiger partial charge on any atom is -0.494 e. The van der Waals surface area contributed by atoms with Gasteiger partial charge in [0.2, 0.25) is 11.8 Å². The van der Waals surface area contributed by atoms with E-state index in [9.17, 15) is 14.0 Å². The number of anilines is 1. The van der Waals surface area contributed by atoms with Crippen molar-refractivity contribution in [1.29, 1.82) is 0 Å². The van der Waals surface area contributed by atoms with Crippen LogP contribution >= 0.6 is 0 Å². The molecule has 1 saturated heterocycles. The molecule has 6 nitrogen and oxygen atoms in total. The van der Waals surface area contributed by atoms with Gasteiger partial charge in [-0.3, -0.25) is 14.5 Å². The third-order valence-electron chi connectivity index (χ3n) is 5.08. The Morgan fingerprint density at radius 3 is 2.57 bits per heavy atom. The first kappa shape index (κ1) is 21.8. The van der Waals surface area contributed by atoms with Crippen molar-refractivity contribution < 1.29 is 18.7 Å². The lowest BCUT2D eigenvalue weighted by Gasteiger charge is -2.34. The number of aryl methyl sites for hydroxylation is 1. The lowest BCUT2D eigenvalue weighted by molar-refractivity contribution is -0.133. The largest absolute Gasteiger partial charge is 0.494 e. The Bertz CT molecular complexity index is 866. The van der Waals surface area contributed by atoms with Gasteiger partial charge in [-0.05, 0) is 43.2 Å². The molecule has 0 unspecified atom stereocenters. The van der Waals surface area contributed by atoms with Gasteiger partial charge in [-0.15, -0.1) is 0 Å². The zero-order chi connectivity index (χ0) is 21.3. The standard InChI is InChI=1S/C23H28FN3O3/c1-2-30-21-9-4-3-6-18(21)10-11-23(29)27-14-12-26(13-15-27)17-22(28)25-20-8-5-7-19(24)16-20/h3-9,16H,2,10-15,17H2,1H3,(H,25,28). The number of nitrogens with zero attached hydrogens (tertiary/aromatic N) is 2. The van der Waals surface area contributed by atoms with Crippen molar-refractivity contribution in [1.82, 2.24) is 9.80 Å². The second-order valence-electron chi connectivity index (χ2n) is 7.26. The first-order valence-corrected chi connectivity index (χ1v) is 10.3. The maximum Gasteiger partial charge on any atom is 0.238 e. The highest BCUT2D eigenvalue weighted by Crippen LogP contribution is 2.20. The van der Waals surface area contributed by atoms with E-state index in [0.29, 0.717) is 51.3 Å². The summed E-state index contributed by atoms with van der Waals surface area (Å²) in [7, 11) is 0. The van der Waals surface area contributed by atoms with E-state index in [0.717, 1.165) is 11.3 Å². The summed E-state index contributed by atoms with van der Waals surface area (Å²) in [6.45, 7) is 5.23. The number of para-hydroxylation sites is 1. The van der Waals surface area contributed by atoms with Gasteiger partial charge in [-0.1, -0.05) is 24.3 Å². The average Bonchev–Trinajstić information content (AvgIpc) is 2.73. The van der Waals surface area contributed by atoms with E-state index in [2.05, 4.69) is 5.32 Å². The van der Waals surface area contributed by atoms with Gasteiger partial charge in [0.25, 0.3) is 0 Å². The summed E-state index contributed by atoms with van der Waals surface area (Å²) in [6.07, 6.45) is 1.08. The first-order valence-electron chi connectivity index (χ1n) is 10.3. The highest BCUT2D eigenvalue weighted by Gasteiger charge is 2.22. The van der Waals surface area contributed by atoms with Crippen molar-refractivity contribution in [2.45, 2.75) is 19.8 Å². The number of amides is 2. The first-order chi connectivity index (χ1) is 14.5. The van der Waals surface area contributed by atoms with Crippen LogP contribution in [0, 0.1) is 5.82 Å². The van der Waals surface area contributed by atoms with Crippen molar-refractivity contribution in [3.05, 3.63) is 59.9 Å². The van der Waals surface area contributed by atoms with Gasteiger partial charge in [0.05, 0.1) is 13.2 Å². The zero-order valence-electron chi connectivity index (χ0n) is 17.3. The van der Waals surface area contributed by atoms with Crippen LogP contribution in [0.5, 0.6) is 5.75 Å². The van der Waals surface area contributed by atoms with E-state index in [1.54, 1.807) is 12.1 Å². The molecular formula is C23H28FN3O3. The van der Waals surface area contributed by atoms with Crippen LogP contribution in [0.1, 0.15) is 18.9 Å². The van der Waals surface area contributed by atoms with Gasteiger partial charge < -0.3 is 15.0 Å². The molecule has 0 aromatic heterocycles. The van der Waals surface area contributed by atoms with E-state index in [-0.39, 0.29) is 24.2 Å².